The summed E-state index contributed by atoms with van der Waals surface area (Å²) in [6.07, 6.45) is 2.80. The number of aryl methyl sites for hydroxylation is 1. The maximum atomic E-state index is 14.1. The molecule has 7 rings (SSSR count). The van der Waals surface area contributed by atoms with E-state index in [1.165, 1.54) is 0 Å². The number of aromatic nitrogens is 1. The summed E-state index contributed by atoms with van der Waals surface area (Å²) in [4.78, 5) is 14.1. The average Bonchev–Trinajstić information content (AvgIpc) is 3.48. The number of fused-ring (bicyclic) bond motifs is 6. The van der Waals surface area contributed by atoms with Gasteiger partial charge in [-0.05, 0) is 34.7 Å². The van der Waals surface area contributed by atoms with Crippen LogP contribution in [-0.4, -0.2) is 26.8 Å². The summed E-state index contributed by atoms with van der Waals surface area (Å²) in [6, 6.07) is 25.8. The van der Waals surface area contributed by atoms with Crippen molar-refractivity contribution in [2.45, 2.75) is 13.0 Å². The third-order valence-electron chi connectivity index (χ3n) is 7.62. The second-order valence-corrected chi connectivity index (χ2v) is 9.69. The first-order valence-electron chi connectivity index (χ1n) is 12.9. The fourth-order valence-electron chi connectivity index (χ4n) is 5.73. The third-order valence-corrected chi connectivity index (χ3v) is 7.62. The van der Waals surface area contributed by atoms with Crippen LogP contribution in [0.4, 0.5) is 0 Å². The molecule has 6 heteroatoms. The van der Waals surface area contributed by atoms with E-state index in [4.69, 9.17) is 18.9 Å². The molecule has 0 amide bonds. The highest BCUT2D eigenvalue weighted by atomic mass is 16.7. The van der Waals surface area contributed by atoms with Crippen LogP contribution in [0, 0.1) is 0 Å². The topological polar surface area (TPSA) is 57.9 Å². The van der Waals surface area contributed by atoms with E-state index in [0.29, 0.717) is 34.8 Å². The average molecular weight is 517 g/mol. The third kappa shape index (κ3) is 3.71. The predicted molar refractivity (Wildman–Crippen MR) is 148 cm³/mol. The predicted octanol–water partition coefficient (Wildman–Crippen LogP) is 5.99. The monoisotopic (exact) mass is 516 g/mol. The van der Waals surface area contributed by atoms with E-state index >= 15 is 0 Å². The second-order valence-electron chi connectivity index (χ2n) is 9.69. The number of nitrogens with zero attached hydrogens (tertiary/aromatic N) is 1. The van der Waals surface area contributed by atoms with Gasteiger partial charge in [-0.2, -0.15) is 4.57 Å². The number of hydrogen-bond acceptors (Lipinski definition) is 5. The standard InChI is InChI=1S/C33H26NO5/c1-36-28-13-12-23-16-27-30-24(14-15-34(27)18-26(23)32(28)37-2)33-29(38-19-39-33)17-25(30)31(35)22-10-8-21(9-11-22)20-6-4-3-5-7-20/h3-13,16-18H,14-15,19H2,1-2H3/q+1. The number of pyridine rings is 1. The Kier molecular flexibility index (Phi) is 5.48. The lowest BCUT2D eigenvalue weighted by molar-refractivity contribution is -0.686. The van der Waals surface area contributed by atoms with Crippen LogP contribution < -0.4 is 23.5 Å². The number of hydrogen-bond donors (Lipinski definition) is 0. The molecule has 0 saturated carbocycles. The molecular weight excluding hydrogens is 490 g/mol. The quantitative estimate of drug-likeness (QED) is 0.212. The zero-order valence-corrected chi connectivity index (χ0v) is 21.7. The maximum Gasteiger partial charge on any atom is 0.231 e. The van der Waals surface area contributed by atoms with Gasteiger partial charge in [0.2, 0.25) is 12.5 Å². The van der Waals surface area contributed by atoms with Crippen molar-refractivity contribution >= 4 is 16.6 Å². The van der Waals surface area contributed by atoms with Gasteiger partial charge in [-0.1, -0.05) is 54.6 Å². The van der Waals surface area contributed by atoms with Gasteiger partial charge in [0.15, 0.2) is 41.5 Å². The van der Waals surface area contributed by atoms with Crippen LogP contribution in [0.5, 0.6) is 23.0 Å². The molecule has 2 aliphatic heterocycles. The lowest BCUT2D eigenvalue weighted by Crippen LogP contribution is -2.40. The van der Waals surface area contributed by atoms with Crippen LogP contribution in [-0.2, 0) is 13.0 Å². The first kappa shape index (κ1) is 23.3. The minimum Gasteiger partial charge on any atom is -0.493 e. The highest BCUT2D eigenvalue weighted by Gasteiger charge is 2.35. The summed E-state index contributed by atoms with van der Waals surface area (Å²) in [5, 5.41) is 1.95. The molecule has 0 saturated heterocycles. The molecule has 0 unspecified atom stereocenters. The highest BCUT2D eigenvalue weighted by molar-refractivity contribution is 6.14. The zero-order valence-electron chi connectivity index (χ0n) is 21.7. The number of carbonyl (C=O) groups is 1. The molecule has 0 atom stereocenters. The fourth-order valence-corrected chi connectivity index (χ4v) is 5.73. The number of benzene rings is 4. The molecule has 192 valence electrons. The second kappa shape index (κ2) is 9.17. The van der Waals surface area contributed by atoms with Crippen LogP contribution in [0.15, 0.2) is 85.1 Å². The lowest BCUT2D eigenvalue weighted by atomic mass is 9.87. The van der Waals surface area contributed by atoms with Gasteiger partial charge in [-0.3, -0.25) is 4.79 Å². The molecule has 6 nitrogen and oxygen atoms in total. The summed E-state index contributed by atoms with van der Waals surface area (Å²) in [5.74, 6) is 2.68. The molecular formula is C33H26NO5+. The molecule has 0 radical (unpaired) electrons. The van der Waals surface area contributed by atoms with E-state index in [2.05, 4.69) is 29.0 Å². The Hall–Kier alpha value is -4.84. The van der Waals surface area contributed by atoms with E-state index in [1.54, 1.807) is 14.2 Å². The van der Waals surface area contributed by atoms with Gasteiger partial charge >= 0.3 is 0 Å². The molecule has 2 aliphatic rings. The van der Waals surface area contributed by atoms with Crippen LogP contribution in [0.2, 0.25) is 0 Å². The number of carbonyl (C=O) groups excluding carboxylic acids is 1. The van der Waals surface area contributed by atoms with Crippen LogP contribution in [0.1, 0.15) is 21.5 Å². The molecule has 0 spiro atoms. The van der Waals surface area contributed by atoms with Crippen LogP contribution >= 0.6 is 0 Å². The largest absolute Gasteiger partial charge is 0.493 e. The van der Waals surface area contributed by atoms with Gasteiger partial charge in [-0.15, -0.1) is 0 Å². The molecule has 5 aromatic rings. The van der Waals surface area contributed by atoms with E-state index in [-0.39, 0.29) is 12.6 Å². The van der Waals surface area contributed by atoms with Gasteiger partial charge < -0.3 is 18.9 Å². The zero-order chi connectivity index (χ0) is 26.5. The summed E-state index contributed by atoms with van der Waals surface area (Å²) < 4.78 is 25.1. The normalized spacial score (nSPS) is 13.1. The Bertz CT molecular complexity index is 1760. The Morgan fingerprint density at radius 2 is 1.67 bits per heavy atom. The molecule has 0 fully saturated rings. The summed E-state index contributed by atoms with van der Waals surface area (Å²) in [5.41, 5.74) is 6.26. The maximum absolute atomic E-state index is 14.1. The number of rotatable bonds is 5. The molecule has 0 N–H and O–H groups in total. The number of ether oxygens (including phenoxy) is 4. The summed E-state index contributed by atoms with van der Waals surface area (Å²) in [6.45, 7) is 0.887. The first-order valence-corrected chi connectivity index (χ1v) is 12.9. The lowest BCUT2D eigenvalue weighted by Gasteiger charge is -2.20. The van der Waals surface area contributed by atoms with Crippen LogP contribution in [0.25, 0.3) is 33.2 Å². The van der Waals surface area contributed by atoms with Crippen molar-refractivity contribution < 1.29 is 28.3 Å². The van der Waals surface area contributed by atoms with Gasteiger partial charge in [0.05, 0.1) is 25.2 Å². The number of ketones is 1. The molecule has 0 aliphatic carbocycles. The first-order chi connectivity index (χ1) is 19.2. The Morgan fingerprint density at radius 3 is 2.44 bits per heavy atom. The van der Waals surface area contributed by atoms with E-state index < -0.39 is 0 Å². The number of methoxy groups -OCH3 is 2. The minimum atomic E-state index is -0.0509. The van der Waals surface area contributed by atoms with Gasteiger partial charge in [-0.25, -0.2) is 0 Å². The summed E-state index contributed by atoms with van der Waals surface area (Å²) >= 11 is 0. The van der Waals surface area contributed by atoms with Gasteiger partial charge in [0.1, 0.15) is 0 Å². The molecule has 39 heavy (non-hydrogen) atoms. The van der Waals surface area contributed by atoms with E-state index in [9.17, 15) is 4.79 Å². The highest BCUT2D eigenvalue weighted by Crippen LogP contribution is 2.46. The minimum absolute atomic E-state index is 0.0509. The van der Waals surface area contributed by atoms with E-state index in [0.717, 1.165) is 51.0 Å². The van der Waals surface area contributed by atoms with Crippen molar-refractivity contribution in [2.75, 3.05) is 21.0 Å². The molecule has 4 aromatic carbocycles. The summed E-state index contributed by atoms with van der Waals surface area (Å²) in [7, 11) is 3.29. The van der Waals surface area contributed by atoms with Crippen molar-refractivity contribution in [1.82, 2.24) is 0 Å². The van der Waals surface area contributed by atoms with E-state index in [1.807, 2.05) is 60.7 Å². The van der Waals surface area contributed by atoms with Gasteiger partial charge in [0.25, 0.3) is 0 Å². The SMILES string of the molecule is COc1ccc2cc3[n+](cc2c1OC)CCc1c2c(cc(C(=O)c4ccc(-c5ccccc5)cc4)c1-3)OCO2. The van der Waals surface area contributed by atoms with Crippen molar-refractivity contribution in [2.24, 2.45) is 0 Å². The Labute approximate surface area is 226 Å². The molecule has 0 bridgehead atoms. The smallest absolute Gasteiger partial charge is 0.231 e. The molecule has 1 aromatic heterocycles. The van der Waals surface area contributed by atoms with Crippen LogP contribution in [0.3, 0.4) is 0 Å². The van der Waals surface area contributed by atoms with Crippen molar-refractivity contribution in [3.63, 3.8) is 0 Å². The van der Waals surface area contributed by atoms with Gasteiger partial charge in [0, 0.05) is 29.2 Å². The van der Waals surface area contributed by atoms with Crippen molar-refractivity contribution in [1.29, 1.82) is 0 Å². The molecule has 3 heterocycles. The Morgan fingerprint density at radius 1 is 0.872 bits per heavy atom. The van der Waals surface area contributed by atoms with Crippen molar-refractivity contribution in [3.8, 4) is 45.4 Å². The Balaban J connectivity index is 1.39. The van der Waals surface area contributed by atoms with Crippen molar-refractivity contribution in [3.05, 3.63) is 102 Å². The fraction of sp³-hybridized carbons (Fsp3) is 0.152.